The van der Waals surface area contributed by atoms with Crippen molar-refractivity contribution < 1.29 is 4.79 Å². The zero-order valence-corrected chi connectivity index (χ0v) is 13.0. The van der Waals surface area contributed by atoms with Crippen molar-refractivity contribution in [1.82, 2.24) is 20.5 Å². The number of benzene rings is 1. The van der Waals surface area contributed by atoms with Gasteiger partial charge in [-0.2, -0.15) is 5.10 Å². The predicted molar refractivity (Wildman–Crippen MR) is 85.6 cm³/mol. The van der Waals surface area contributed by atoms with Gasteiger partial charge in [0, 0.05) is 17.7 Å². The number of carbonyl (C=O) groups is 1. The normalized spacial score (nSPS) is 10.0. The second-order valence-corrected chi connectivity index (χ2v) is 4.58. The molecule has 114 valence electrons. The van der Waals surface area contributed by atoms with Gasteiger partial charge >= 0.3 is 0 Å². The number of H-pyrrole nitrogens is 1. The Kier molecular flexibility index (Phi) is 6.84. The van der Waals surface area contributed by atoms with Gasteiger partial charge in [-0.05, 0) is 51.2 Å². The molecule has 0 atom stereocenters. The van der Waals surface area contributed by atoms with Crippen LogP contribution in [0.5, 0.6) is 0 Å². The van der Waals surface area contributed by atoms with E-state index in [2.05, 4.69) is 25.8 Å². The van der Waals surface area contributed by atoms with Crippen molar-refractivity contribution in [2.45, 2.75) is 19.8 Å². The molecule has 1 aromatic carbocycles. The highest BCUT2D eigenvalue weighted by Crippen LogP contribution is 2.17. The molecule has 0 aliphatic carbocycles. The highest BCUT2D eigenvalue weighted by molar-refractivity contribution is 5.90. The monoisotopic (exact) mass is 309 g/mol. The molecule has 6 nitrogen and oxygen atoms in total. The molecule has 7 heteroatoms. The number of hydrogen-bond donors (Lipinski definition) is 3. The van der Waals surface area contributed by atoms with Crippen LogP contribution < -0.4 is 10.6 Å². The minimum atomic E-state index is 0. The van der Waals surface area contributed by atoms with Gasteiger partial charge < -0.3 is 10.6 Å². The fraction of sp³-hybridized carbons (Fsp3) is 0.357. The second-order valence-electron chi connectivity index (χ2n) is 4.58. The molecule has 0 saturated heterocycles. The van der Waals surface area contributed by atoms with E-state index in [1.165, 1.54) is 0 Å². The maximum absolute atomic E-state index is 11.7. The lowest BCUT2D eigenvalue weighted by Crippen LogP contribution is -2.15. The lowest BCUT2D eigenvalue weighted by molar-refractivity contribution is -0.116. The maximum Gasteiger partial charge on any atom is 0.224 e. The SMILES string of the molecule is CNCCCC(=O)Nc1ccc(-c2n[nH]c(C)n2)cc1.Cl. The van der Waals surface area contributed by atoms with E-state index in [1.807, 2.05) is 38.2 Å². The number of hydrogen-bond acceptors (Lipinski definition) is 4. The first-order chi connectivity index (χ1) is 9.69. The number of carbonyl (C=O) groups excluding carboxylic acids is 1. The van der Waals surface area contributed by atoms with E-state index < -0.39 is 0 Å². The van der Waals surface area contributed by atoms with Gasteiger partial charge in [-0.25, -0.2) is 4.98 Å². The Bertz CT molecular complexity index is 567. The van der Waals surface area contributed by atoms with Crippen molar-refractivity contribution in [3.05, 3.63) is 30.1 Å². The molecular formula is C14H20ClN5O. The summed E-state index contributed by atoms with van der Waals surface area (Å²) >= 11 is 0. The largest absolute Gasteiger partial charge is 0.326 e. The molecule has 1 amide bonds. The van der Waals surface area contributed by atoms with Gasteiger partial charge in [0.1, 0.15) is 5.82 Å². The van der Waals surface area contributed by atoms with Crippen LogP contribution in [-0.4, -0.2) is 34.7 Å². The zero-order valence-electron chi connectivity index (χ0n) is 12.1. The Balaban J connectivity index is 0.00000220. The molecule has 2 rings (SSSR count). The van der Waals surface area contributed by atoms with Crippen molar-refractivity contribution in [3.63, 3.8) is 0 Å². The summed E-state index contributed by atoms with van der Waals surface area (Å²) in [6.07, 6.45) is 1.35. The Morgan fingerprint density at radius 1 is 1.29 bits per heavy atom. The zero-order chi connectivity index (χ0) is 14.4. The van der Waals surface area contributed by atoms with E-state index in [4.69, 9.17) is 0 Å². The predicted octanol–water partition coefficient (Wildman–Crippen LogP) is 2.14. The molecular weight excluding hydrogens is 290 g/mol. The quantitative estimate of drug-likeness (QED) is 0.714. The van der Waals surface area contributed by atoms with E-state index >= 15 is 0 Å². The van der Waals surface area contributed by atoms with Crippen LogP contribution >= 0.6 is 12.4 Å². The van der Waals surface area contributed by atoms with Gasteiger partial charge in [0.25, 0.3) is 0 Å². The summed E-state index contributed by atoms with van der Waals surface area (Å²) in [5, 5.41) is 12.8. The first kappa shape index (κ1) is 17.1. The smallest absolute Gasteiger partial charge is 0.224 e. The van der Waals surface area contributed by atoms with E-state index in [0.717, 1.165) is 30.0 Å². The summed E-state index contributed by atoms with van der Waals surface area (Å²) in [6, 6.07) is 7.51. The van der Waals surface area contributed by atoms with Crippen molar-refractivity contribution >= 4 is 24.0 Å². The fourth-order valence-corrected chi connectivity index (χ4v) is 1.82. The summed E-state index contributed by atoms with van der Waals surface area (Å²) in [7, 11) is 1.88. The molecule has 0 aliphatic rings. The first-order valence-corrected chi connectivity index (χ1v) is 6.63. The average molecular weight is 310 g/mol. The molecule has 0 aliphatic heterocycles. The van der Waals surface area contributed by atoms with E-state index in [9.17, 15) is 4.79 Å². The Morgan fingerprint density at radius 2 is 2.00 bits per heavy atom. The van der Waals surface area contributed by atoms with Crippen LogP contribution in [0.25, 0.3) is 11.4 Å². The number of aromatic amines is 1. The molecule has 21 heavy (non-hydrogen) atoms. The number of aromatic nitrogens is 3. The number of rotatable bonds is 6. The number of amides is 1. The average Bonchev–Trinajstić information content (AvgIpc) is 2.86. The topological polar surface area (TPSA) is 82.7 Å². The number of halogens is 1. The summed E-state index contributed by atoms with van der Waals surface area (Å²) in [4.78, 5) is 15.9. The van der Waals surface area contributed by atoms with Crippen LogP contribution in [0.3, 0.4) is 0 Å². The van der Waals surface area contributed by atoms with Gasteiger partial charge in [-0.3, -0.25) is 9.89 Å². The molecule has 2 aromatic rings. The highest BCUT2D eigenvalue weighted by atomic mass is 35.5. The number of anilines is 1. The van der Waals surface area contributed by atoms with Gasteiger partial charge in [0.15, 0.2) is 5.82 Å². The van der Waals surface area contributed by atoms with Crippen LogP contribution in [0, 0.1) is 6.92 Å². The molecule has 0 radical (unpaired) electrons. The van der Waals surface area contributed by atoms with Gasteiger partial charge in [-0.15, -0.1) is 12.4 Å². The molecule has 0 unspecified atom stereocenters. The van der Waals surface area contributed by atoms with Crippen molar-refractivity contribution in [2.24, 2.45) is 0 Å². The van der Waals surface area contributed by atoms with Crippen molar-refractivity contribution in [2.75, 3.05) is 18.9 Å². The summed E-state index contributed by atoms with van der Waals surface area (Å²) in [6.45, 7) is 2.70. The number of aryl methyl sites for hydroxylation is 1. The third-order valence-corrected chi connectivity index (χ3v) is 2.85. The van der Waals surface area contributed by atoms with E-state index in [0.29, 0.717) is 12.2 Å². The summed E-state index contributed by atoms with van der Waals surface area (Å²) < 4.78 is 0. The minimum Gasteiger partial charge on any atom is -0.326 e. The second kappa shape index (κ2) is 8.39. The van der Waals surface area contributed by atoms with Crippen molar-refractivity contribution in [1.29, 1.82) is 0 Å². The molecule has 3 N–H and O–H groups in total. The molecule has 0 spiro atoms. The van der Waals surface area contributed by atoms with E-state index in [1.54, 1.807) is 0 Å². The minimum absolute atomic E-state index is 0. The van der Waals surface area contributed by atoms with Crippen LogP contribution in [0.1, 0.15) is 18.7 Å². The Hall–Kier alpha value is -1.92. The Labute approximate surface area is 130 Å². The molecule has 1 aromatic heterocycles. The standard InChI is InChI=1S/C14H19N5O.ClH/c1-10-16-14(19-18-10)11-5-7-12(8-6-11)17-13(20)4-3-9-15-2;/h5-8,15H,3-4,9H2,1-2H3,(H,17,20)(H,16,18,19);1H. The maximum atomic E-state index is 11.7. The van der Waals surface area contributed by atoms with Crippen LogP contribution in [-0.2, 0) is 4.79 Å². The lowest BCUT2D eigenvalue weighted by Gasteiger charge is -2.05. The Morgan fingerprint density at radius 3 is 2.57 bits per heavy atom. The van der Waals surface area contributed by atoms with Gasteiger partial charge in [0.2, 0.25) is 5.91 Å². The lowest BCUT2D eigenvalue weighted by atomic mass is 10.2. The molecule has 1 heterocycles. The van der Waals surface area contributed by atoms with Crippen LogP contribution in [0.2, 0.25) is 0 Å². The molecule has 0 saturated carbocycles. The molecule has 0 bridgehead atoms. The van der Waals surface area contributed by atoms with Gasteiger partial charge in [0.05, 0.1) is 0 Å². The number of nitrogens with one attached hydrogen (secondary N) is 3. The van der Waals surface area contributed by atoms with Crippen LogP contribution in [0.15, 0.2) is 24.3 Å². The third kappa shape index (κ3) is 5.17. The van der Waals surface area contributed by atoms with Crippen molar-refractivity contribution in [3.8, 4) is 11.4 Å². The summed E-state index contributed by atoms with van der Waals surface area (Å²) in [5.74, 6) is 1.47. The number of nitrogens with zero attached hydrogens (tertiary/aromatic N) is 2. The third-order valence-electron chi connectivity index (χ3n) is 2.85. The fourth-order valence-electron chi connectivity index (χ4n) is 1.82. The first-order valence-electron chi connectivity index (χ1n) is 6.63. The van der Waals surface area contributed by atoms with E-state index in [-0.39, 0.29) is 18.3 Å². The summed E-state index contributed by atoms with van der Waals surface area (Å²) in [5.41, 5.74) is 1.71. The van der Waals surface area contributed by atoms with Gasteiger partial charge in [-0.1, -0.05) is 0 Å². The van der Waals surface area contributed by atoms with Crippen LogP contribution in [0.4, 0.5) is 5.69 Å². The highest BCUT2D eigenvalue weighted by Gasteiger charge is 2.05. The molecule has 0 fully saturated rings.